The highest BCUT2D eigenvalue weighted by Gasteiger charge is 2.26. The molecule has 0 bridgehead atoms. The van der Waals surface area contributed by atoms with Crippen molar-refractivity contribution in [3.63, 3.8) is 0 Å². The third-order valence-corrected chi connectivity index (χ3v) is 4.82. The highest BCUT2D eigenvalue weighted by Crippen LogP contribution is 2.31. The summed E-state index contributed by atoms with van der Waals surface area (Å²) in [4.78, 5) is 19.0. The monoisotopic (exact) mass is 278 g/mol. The van der Waals surface area contributed by atoms with Gasteiger partial charge >= 0.3 is 0 Å². The first-order chi connectivity index (χ1) is 8.83. The molecule has 2 aliphatic heterocycles. The van der Waals surface area contributed by atoms with Gasteiger partial charge in [-0.3, -0.25) is 4.79 Å². The van der Waals surface area contributed by atoms with E-state index in [9.17, 15) is 4.79 Å². The predicted octanol–water partition coefficient (Wildman–Crippen LogP) is 3.20. The van der Waals surface area contributed by atoms with Crippen molar-refractivity contribution < 1.29 is 4.79 Å². The number of carbonyl (C=O) groups is 1. The van der Waals surface area contributed by atoms with Crippen LogP contribution in [0.25, 0.3) is 6.08 Å². The number of rotatable bonds is 1. The van der Waals surface area contributed by atoms with Crippen LogP contribution in [0, 0.1) is 0 Å². The number of hydrogen-bond acceptors (Lipinski definition) is 4. The maximum absolute atomic E-state index is 11.9. The van der Waals surface area contributed by atoms with Gasteiger partial charge in [-0.1, -0.05) is 0 Å². The van der Waals surface area contributed by atoms with Crippen LogP contribution in [0.1, 0.15) is 24.8 Å². The lowest BCUT2D eigenvalue weighted by atomic mass is 10.1. The molecule has 3 nitrogen and oxygen atoms in total. The van der Waals surface area contributed by atoms with Gasteiger partial charge in [-0.2, -0.15) is 16.3 Å². The molecule has 1 aromatic rings. The third kappa shape index (κ3) is 2.52. The van der Waals surface area contributed by atoms with E-state index >= 15 is 0 Å². The van der Waals surface area contributed by atoms with Gasteiger partial charge in [0.25, 0.3) is 5.91 Å². The number of likely N-dealkylation sites (tertiary alicyclic amines) is 1. The van der Waals surface area contributed by atoms with E-state index in [1.54, 1.807) is 11.3 Å². The lowest BCUT2D eigenvalue weighted by Gasteiger charge is -2.27. The summed E-state index contributed by atoms with van der Waals surface area (Å²) in [7, 11) is 0. The minimum atomic E-state index is -0.0910. The summed E-state index contributed by atoms with van der Waals surface area (Å²) in [5.41, 5.74) is 1.09. The Morgan fingerprint density at radius 2 is 2.11 bits per heavy atom. The molecule has 0 N–H and O–H groups in total. The van der Waals surface area contributed by atoms with Crippen LogP contribution in [0.5, 0.6) is 0 Å². The molecular formula is C13H14N2OS2. The van der Waals surface area contributed by atoms with Gasteiger partial charge in [-0.05, 0) is 59.5 Å². The summed E-state index contributed by atoms with van der Waals surface area (Å²) >= 11 is 3.16. The number of thioether (sulfide) groups is 1. The molecule has 3 rings (SSSR count). The summed E-state index contributed by atoms with van der Waals surface area (Å²) in [6.07, 6.45) is 5.64. The van der Waals surface area contributed by atoms with Crippen molar-refractivity contribution in [2.45, 2.75) is 19.3 Å². The van der Waals surface area contributed by atoms with Gasteiger partial charge in [0.05, 0.1) is 4.91 Å². The Bertz CT molecular complexity index is 499. The summed E-state index contributed by atoms with van der Waals surface area (Å²) in [5, 5.41) is 4.95. The molecule has 0 spiro atoms. The van der Waals surface area contributed by atoms with E-state index in [0.717, 1.165) is 28.7 Å². The Kier molecular flexibility index (Phi) is 3.52. The molecule has 1 aromatic heterocycles. The minimum absolute atomic E-state index is 0.0910. The van der Waals surface area contributed by atoms with Crippen molar-refractivity contribution in [2.75, 3.05) is 13.1 Å². The lowest BCUT2D eigenvalue weighted by Crippen LogP contribution is -2.33. The second-order valence-corrected chi connectivity index (χ2v) is 6.20. The Hall–Kier alpha value is -1.07. The molecule has 1 saturated heterocycles. The fourth-order valence-electron chi connectivity index (χ4n) is 2.13. The van der Waals surface area contributed by atoms with Crippen molar-refractivity contribution in [3.8, 4) is 0 Å². The Labute approximate surface area is 115 Å². The number of amides is 1. The molecule has 0 atom stereocenters. The smallest absolute Gasteiger partial charge is 0.286 e. The fourth-order valence-corrected chi connectivity index (χ4v) is 3.71. The minimum Gasteiger partial charge on any atom is -0.351 e. The zero-order valence-corrected chi connectivity index (χ0v) is 11.6. The third-order valence-electron chi connectivity index (χ3n) is 3.08. The first-order valence-corrected chi connectivity index (χ1v) is 7.88. The molecule has 2 aliphatic rings. The van der Waals surface area contributed by atoms with Gasteiger partial charge < -0.3 is 4.90 Å². The van der Waals surface area contributed by atoms with Crippen molar-refractivity contribution in [3.05, 3.63) is 27.3 Å². The van der Waals surface area contributed by atoms with Gasteiger partial charge in [-0.25, -0.2) is 0 Å². The molecule has 0 aliphatic carbocycles. The largest absolute Gasteiger partial charge is 0.351 e. The fraction of sp³-hybridized carbons (Fsp3) is 0.385. The van der Waals surface area contributed by atoms with E-state index in [-0.39, 0.29) is 5.91 Å². The Morgan fingerprint density at radius 3 is 2.83 bits per heavy atom. The molecule has 3 heterocycles. The maximum atomic E-state index is 11.9. The molecule has 1 amide bonds. The Morgan fingerprint density at radius 1 is 1.28 bits per heavy atom. The van der Waals surface area contributed by atoms with Crippen LogP contribution in [0.3, 0.4) is 0 Å². The molecular weight excluding hydrogens is 264 g/mol. The molecule has 0 radical (unpaired) electrons. The SMILES string of the molecule is O=C1N=C(N2CCCCC2)SC1=Cc1ccsc1. The molecule has 0 saturated carbocycles. The average molecular weight is 278 g/mol. The second kappa shape index (κ2) is 5.28. The topological polar surface area (TPSA) is 32.7 Å². The molecule has 0 aromatic carbocycles. The maximum Gasteiger partial charge on any atom is 0.286 e. The number of amidine groups is 1. The highest BCUT2D eigenvalue weighted by atomic mass is 32.2. The van der Waals surface area contributed by atoms with E-state index in [4.69, 9.17) is 0 Å². The van der Waals surface area contributed by atoms with Gasteiger partial charge in [0.2, 0.25) is 0 Å². The van der Waals surface area contributed by atoms with Crippen LogP contribution >= 0.6 is 23.1 Å². The summed E-state index contributed by atoms with van der Waals surface area (Å²) in [6, 6.07) is 2.02. The summed E-state index contributed by atoms with van der Waals surface area (Å²) < 4.78 is 0. The molecule has 94 valence electrons. The predicted molar refractivity (Wildman–Crippen MR) is 77.8 cm³/mol. The highest BCUT2D eigenvalue weighted by molar-refractivity contribution is 8.18. The number of carbonyl (C=O) groups excluding carboxylic acids is 1. The molecule has 0 unspecified atom stereocenters. The van der Waals surface area contributed by atoms with E-state index in [1.807, 2.05) is 22.9 Å². The first-order valence-electron chi connectivity index (χ1n) is 6.13. The van der Waals surface area contributed by atoms with Crippen LogP contribution in [0.2, 0.25) is 0 Å². The van der Waals surface area contributed by atoms with Gasteiger partial charge in [0.1, 0.15) is 0 Å². The van der Waals surface area contributed by atoms with Crippen LogP contribution in [0.15, 0.2) is 26.7 Å². The first kappa shape index (κ1) is 12.0. The number of nitrogens with zero attached hydrogens (tertiary/aromatic N) is 2. The van der Waals surface area contributed by atoms with E-state index in [0.29, 0.717) is 0 Å². The summed E-state index contributed by atoms with van der Waals surface area (Å²) in [5.74, 6) is -0.0910. The Balaban J connectivity index is 1.74. The molecule has 18 heavy (non-hydrogen) atoms. The second-order valence-electron chi connectivity index (χ2n) is 4.41. The molecule has 1 fully saturated rings. The zero-order chi connectivity index (χ0) is 12.4. The number of aliphatic imine (C=N–C) groups is 1. The number of piperidine rings is 1. The van der Waals surface area contributed by atoms with Crippen molar-refractivity contribution >= 4 is 40.2 Å². The average Bonchev–Trinajstić information content (AvgIpc) is 3.02. The van der Waals surface area contributed by atoms with Crippen molar-refractivity contribution in [2.24, 2.45) is 4.99 Å². The quantitative estimate of drug-likeness (QED) is 0.740. The lowest BCUT2D eigenvalue weighted by molar-refractivity contribution is -0.113. The van der Waals surface area contributed by atoms with Crippen LogP contribution in [0.4, 0.5) is 0 Å². The summed E-state index contributed by atoms with van der Waals surface area (Å²) in [6.45, 7) is 2.07. The zero-order valence-electron chi connectivity index (χ0n) is 9.96. The number of hydrogen-bond donors (Lipinski definition) is 0. The van der Waals surface area contributed by atoms with Gasteiger partial charge in [-0.15, -0.1) is 0 Å². The van der Waals surface area contributed by atoms with Crippen LogP contribution < -0.4 is 0 Å². The van der Waals surface area contributed by atoms with Crippen molar-refractivity contribution in [1.29, 1.82) is 0 Å². The van der Waals surface area contributed by atoms with Crippen LogP contribution in [-0.2, 0) is 4.79 Å². The van der Waals surface area contributed by atoms with Gasteiger partial charge in [0.15, 0.2) is 5.17 Å². The van der Waals surface area contributed by atoms with E-state index < -0.39 is 0 Å². The normalized spacial score (nSPS) is 22.7. The van der Waals surface area contributed by atoms with E-state index in [2.05, 4.69) is 9.89 Å². The van der Waals surface area contributed by atoms with Gasteiger partial charge in [0, 0.05) is 13.1 Å². The van der Waals surface area contributed by atoms with Crippen molar-refractivity contribution in [1.82, 2.24) is 4.90 Å². The molecule has 5 heteroatoms. The standard InChI is InChI=1S/C13H14N2OS2/c16-12-11(8-10-4-7-17-9-10)18-13(14-12)15-5-2-1-3-6-15/h4,7-9H,1-3,5-6H2. The van der Waals surface area contributed by atoms with E-state index in [1.165, 1.54) is 31.0 Å². The van der Waals surface area contributed by atoms with Crippen LogP contribution in [-0.4, -0.2) is 29.1 Å². The number of thiophene rings is 1.